The second kappa shape index (κ2) is 5.57. The predicted molar refractivity (Wildman–Crippen MR) is 57.3 cm³/mol. The minimum Gasteiger partial charge on any atom is -1.00 e. The van der Waals surface area contributed by atoms with Gasteiger partial charge in [0.15, 0.2) is 0 Å². The molecule has 0 bridgehead atoms. The zero-order chi connectivity index (χ0) is 9.14. The Labute approximate surface area is 102 Å². The van der Waals surface area contributed by atoms with E-state index in [4.69, 9.17) is 21.1 Å². The number of hydrogen-bond acceptors (Lipinski definition) is 2. The Kier molecular flexibility index (Phi) is 5.52. The van der Waals surface area contributed by atoms with E-state index in [9.17, 15) is 0 Å². The maximum atomic E-state index is 5.94. The van der Waals surface area contributed by atoms with Gasteiger partial charge >= 0.3 is 23.1 Å². The molecule has 4 heteroatoms. The van der Waals surface area contributed by atoms with Gasteiger partial charge in [-0.15, -0.1) is 0 Å². The molecule has 0 saturated carbocycles. The molecule has 70 valence electrons. The summed E-state index contributed by atoms with van der Waals surface area (Å²) < 4.78 is 10.1. The molecule has 1 aromatic carbocycles. The van der Waals surface area contributed by atoms with Gasteiger partial charge in [0, 0.05) is 6.07 Å². The van der Waals surface area contributed by atoms with Gasteiger partial charge in [-0.25, -0.2) is 0 Å². The maximum absolute atomic E-state index is 5.94. The Balaban J connectivity index is -0.000000480. The average molecular weight is 213 g/mol. The van der Waals surface area contributed by atoms with Gasteiger partial charge in [0.05, 0.1) is 19.2 Å². The summed E-state index contributed by atoms with van der Waals surface area (Å²) in [4.78, 5) is 0. The molecule has 0 heterocycles. The van der Waals surface area contributed by atoms with Crippen LogP contribution in [0.25, 0.3) is 0 Å². The summed E-state index contributed by atoms with van der Waals surface area (Å²) in [5.41, 5.74) is 0.952. The fraction of sp³-hybridized carbons (Fsp3) is 0.333. The van der Waals surface area contributed by atoms with Gasteiger partial charge in [-0.1, -0.05) is 11.6 Å². The molecule has 0 fully saturated rings. The summed E-state index contributed by atoms with van der Waals surface area (Å²) >= 11 is 5.94. The molecule has 0 radical (unpaired) electrons. The zero-order valence-corrected chi connectivity index (χ0v) is 10.2. The van der Waals surface area contributed by atoms with Crippen molar-refractivity contribution in [3.63, 3.8) is 0 Å². The van der Waals surface area contributed by atoms with Crippen molar-refractivity contribution in [2.24, 2.45) is 0 Å². The van der Waals surface area contributed by atoms with Gasteiger partial charge in [-0.2, -0.15) is 0 Å². The third kappa shape index (κ3) is 2.93. The molecule has 0 atom stereocenters. The first-order valence-electron chi connectivity index (χ1n) is 3.57. The molecule has 1 aromatic rings. The molecule has 13 heavy (non-hydrogen) atoms. The molecule has 0 amide bonds. The molecule has 0 aliphatic carbocycles. The Morgan fingerprint density at radius 1 is 1.23 bits per heavy atom. The average Bonchev–Trinajstić information content (AvgIpc) is 2.09. The summed E-state index contributed by atoms with van der Waals surface area (Å²) in [5.74, 6) is 1.40. The Morgan fingerprint density at radius 3 is 2.31 bits per heavy atom. The Bertz CT molecular complexity index is 298. The normalized spacial score (nSPS) is 8.92. The SMILES string of the molecule is COc1cc(C)c(Cl)c(OC)c1.[H-].[H-].[Mg+2]. The summed E-state index contributed by atoms with van der Waals surface area (Å²) in [6.45, 7) is 1.91. The van der Waals surface area contributed by atoms with Gasteiger partial charge in [0.25, 0.3) is 0 Å². The van der Waals surface area contributed by atoms with Crippen LogP contribution in [0.1, 0.15) is 8.42 Å². The Morgan fingerprint density at radius 2 is 1.85 bits per heavy atom. The van der Waals surface area contributed by atoms with Crippen LogP contribution in [-0.4, -0.2) is 37.3 Å². The standard InChI is InChI=1S/C9H11ClO2.Mg.2H/c1-6-4-7(11-2)5-8(12-3)9(6)10;;;/h4-5H,1-3H3;;;/q;+2;2*-1. The zero-order valence-electron chi connectivity index (χ0n) is 10.1. The van der Waals surface area contributed by atoms with E-state index < -0.39 is 0 Å². The quantitative estimate of drug-likeness (QED) is 0.702. The number of halogens is 1. The predicted octanol–water partition coefficient (Wildman–Crippen LogP) is 2.51. The van der Waals surface area contributed by atoms with Crippen molar-refractivity contribution in [2.45, 2.75) is 6.92 Å². The van der Waals surface area contributed by atoms with Crippen molar-refractivity contribution in [3.05, 3.63) is 22.7 Å². The molecule has 0 spiro atoms. The van der Waals surface area contributed by atoms with Crippen molar-refractivity contribution in [2.75, 3.05) is 14.2 Å². The Hall–Kier alpha value is -0.124. The van der Waals surface area contributed by atoms with E-state index in [-0.39, 0.29) is 25.9 Å². The first-order valence-corrected chi connectivity index (χ1v) is 3.95. The van der Waals surface area contributed by atoms with Crippen LogP contribution in [-0.2, 0) is 0 Å². The van der Waals surface area contributed by atoms with E-state index in [2.05, 4.69) is 0 Å². The smallest absolute Gasteiger partial charge is 1.00 e. The van der Waals surface area contributed by atoms with Crippen molar-refractivity contribution in [1.82, 2.24) is 0 Å². The monoisotopic (exact) mass is 212 g/mol. The van der Waals surface area contributed by atoms with Gasteiger partial charge in [-0.05, 0) is 18.6 Å². The summed E-state index contributed by atoms with van der Waals surface area (Å²) in [5, 5.41) is 0.637. The molecule has 0 saturated heterocycles. The molecular weight excluding hydrogens is 200 g/mol. The van der Waals surface area contributed by atoms with Crippen LogP contribution in [0.15, 0.2) is 12.1 Å². The van der Waals surface area contributed by atoms with Crippen LogP contribution in [0.3, 0.4) is 0 Å². The molecule has 2 nitrogen and oxygen atoms in total. The van der Waals surface area contributed by atoms with Crippen LogP contribution in [0.4, 0.5) is 0 Å². The number of aryl methyl sites for hydroxylation is 1. The van der Waals surface area contributed by atoms with E-state index in [0.717, 1.165) is 11.3 Å². The molecular formula is C9H13ClMgO2. The van der Waals surface area contributed by atoms with E-state index >= 15 is 0 Å². The maximum Gasteiger partial charge on any atom is 2.00 e. The topological polar surface area (TPSA) is 18.5 Å². The van der Waals surface area contributed by atoms with Crippen molar-refractivity contribution >= 4 is 34.7 Å². The van der Waals surface area contributed by atoms with Crippen molar-refractivity contribution < 1.29 is 12.3 Å². The third-order valence-corrected chi connectivity index (χ3v) is 2.13. The van der Waals surface area contributed by atoms with Gasteiger partial charge < -0.3 is 12.3 Å². The largest absolute Gasteiger partial charge is 2.00 e. The van der Waals surface area contributed by atoms with E-state index in [1.807, 2.05) is 13.0 Å². The molecule has 0 aliphatic rings. The van der Waals surface area contributed by atoms with Crippen LogP contribution in [0, 0.1) is 6.92 Å². The second-order valence-corrected chi connectivity index (χ2v) is 2.84. The molecule has 0 aromatic heterocycles. The minimum absolute atomic E-state index is 0. The number of rotatable bonds is 2. The number of methoxy groups -OCH3 is 2. The van der Waals surface area contributed by atoms with E-state index in [1.54, 1.807) is 20.3 Å². The third-order valence-electron chi connectivity index (χ3n) is 1.65. The van der Waals surface area contributed by atoms with Crippen LogP contribution < -0.4 is 9.47 Å². The van der Waals surface area contributed by atoms with Crippen LogP contribution in [0.2, 0.25) is 5.02 Å². The van der Waals surface area contributed by atoms with Crippen LogP contribution in [0.5, 0.6) is 11.5 Å². The summed E-state index contributed by atoms with van der Waals surface area (Å²) in [6, 6.07) is 3.63. The van der Waals surface area contributed by atoms with Crippen molar-refractivity contribution in [1.29, 1.82) is 0 Å². The van der Waals surface area contributed by atoms with Gasteiger partial charge in [0.2, 0.25) is 0 Å². The fourth-order valence-corrected chi connectivity index (χ4v) is 1.16. The van der Waals surface area contributed by atoms with Crippen LogP contribution >= 0.6 is 11.6 Å². The van der Waals surface area contributed by atoms with Crippen molar-refractivity contribution in [3.8, 4) is 11.5 Å². The molecule has 0 aliphatic heterocycles. The van der Waals surface area contributed by atoms with E-state index in [1.165, 1.54) is 0 Å². The first-order chi connectivity index (χ1) is 5.69. The first kappa shape index (κ1) is 12.9. The minimum atomic E-state index is 0. The summed E-state index contributed by atoms with van der Waals surface area (Å²) in [7, 11) is 3.20. The van der Waals surface area contributed by atoms with Gasteiger partial charge in [-0.3, -0.25) is 0 Å². The molecule has 0 unspecified atom stereocenters. The summed E-state index contributed by atoms with van der Waals surface area (Å²) in [6.07, 6.45) is 0. The fourth-order valence-electron chi connectivity index (χ4n) is 0.972. The van der Waals surface area contributed by atoms with E-state index in [0.29, 0.717) is 10.8 Å². The number of hydrogen-bond donors (Lipinski definition) is 0. The van der Waals surface area contributed by atoms with Gasteiger partial charge in [0.1, 0.15) is 11.5 Å². The number of benzene rings is 1. The molecule has 1 rings (SSSR count). The molecule has 0 N–H and O–H groups in total. The number of ether oxygens (including phenoxy) is 2. The second-order valence-electron chi connectivity index (χ2n) is 2.46.